The molecule has 2 N–H and O–H groups in total. The van der Waals surface area contributed by atoms with Crippen LogP contribution in [0.5, 0.6) is 11.5 Å². The summed E-state index contributed by atoms with van der Waals surface area (Å²) in [4.78, 5) is 9.17. The highest BCUT2D eigenvalue weighted by Gasteiger charge is 2.14. The molecule has 128 valence electrons. The van der Waals surface area contributed by atoms with Crippen LogP contribution in [0.3, 0.4) is 0 Å². The summed E-state index contributed by atoms with van der Waals surface area (Å²) in [5.74, 6) is 0.286. The Balaban J connectivity index is 2.08. The molecule has 0 unspecified atom stereocenters. The molecule has 0 radical (unpaired) electrons. The molecule has 25 heavy (non-hydrogen) atoms. The minimum atomic E-state index is 0.142. The second kappa shape index (κ2) is 7.34. The Bertz CT molecular complexity index is 946. The molecule has 3 rings (SSSR count). The van der Waals surface area contributed by atoms with Crippen molar-refractivity contribution in [2.75, 3.05) is 0 Å². The molecular formula is C17H10Br4N2O2. The number of halogens is 4. The van der Waals surface area contributed by atoms with Gasteiger partial charge >= 0.3 is 0 Å². The summed E-state index contributed by atoms with van der Waals surface area (Å²) in [6.45, 7) is 1.88. The number of aryl methyl sites for hydroxylation is 1. The normalized spacial score (nSPS) is 10.9. The number of aromatic hydroxyl groups is 2. The lowest BCUT2D eigenvalue weighted by atomic mass is 10.1. The van der Waals surface area contributed by atoms with Crippen molar-refractivity contribution in [3.63, 3.8) is 0 Å². The lowest BCUT2D eigenvalue weighted by Crippen LogP contribution is -1.95. The van der Waals surface area contributed by atoms with Crippen molar-refractivity contribution in [2.45, 2.75) is 6.92 Å². The molecule has 0 saturated heterocycles. The molecule has 1 heterocycles. The third-order valence-corrected chi connectivity index (χ3v) is 5.97. The Hall–Kier alpha value is -0.960. The van der Waals surface area contributed by atoms with Crippen LogP contribution < -0.4 is 0 Å². The van der Waals surface area contributed by atoms with E-state index in [9.17, 15) is 10.2 Å². The predicted octanol–water partition coefficient (Wildman–Crippen LogP) is 6.58. The Kier molecular flexibility index (Phi) is 5.53. The second-order valence-corrected chi connectivity index (χ2v) is 8.68. The number of aromatic nitrogens is 2. The Morgan fingerprint density at radius 1 is 0.760 bits per heavy atom. The minimum absolute atomic E-state index is 0.142. The molecule has 0 aliphatic heterocycles. The van der Waals surface area contributed by atoms with Gasteiger partial charge in [0.15, 0.2) is 0 Å². The van der Waals surface area contributed by atoms with Crippen molar-refractivity contribution in [1.29, 1.82) is 0 Å². The number of nitrogens with zero attached hydrogens (tertiary/aromatic N) is 2. The maximum Gasteiger partial charge on any atom is 0.143 e. The van der Waals surface area contributed by atoms with E-state index < -0.39 is 0 Å². The topological polar surface area (TPSA) is 66.2 Å². The monoisotopic (exact) mass is 590 g/mol. The van der Waals surface area contributed by atoms with Crippen LogP contribution in [0.4, 0.5) is 0 Å². The van der Waals surface area contributed by atoms with E-state index in [2.05, 4.69) is 73.7 Å². The van der Waals surface area contributed by atoms with Crippen molar-refractivity contribution < 1.29 is 10.2 Å². The van der Waals surface area contributed by atoms with Gasteiger partial charge in [0.25, 0.3) is 0 Å². The lowest BCUT2D eigenvalue weighted by molar-refractivity contribution is 0.468. The third kappa shape index (κ3) is 3.77. The molecule has 0 fully saturated rings. The Morgan fingerprint density at radius 3 is 1.64 bits per heavy atom. The summed E-state index contributed by atoms with van der Waals surface area (Å²) < 4.78 is 2.31. The summed E-state index contributed by atoms with van der Waals surface area (Å²) in [5, 5.41) is 19.7. The smallest absolute Gasteiger partial charge is 0.143 e. The lowest BCUT2D eigenvalue weighted by Gasteiger charge is -2.10. The molecule has 0 saturated carbocycles. The molecule has 0 bridgehead atoms. The quantitative estimate of drug-likeness (QED) is 0.352. The van der Waals surface area contributed by atoms with Crippen molar-refractivity contribution in [1.82, 2.24) is 9.97 Å². The van der Waals surface area contributed by atoms with E-state index in [1.807, 2.05) is 6.92 Å². The van der Waals surface area contributed by atoms with Crippen LogP contribution in [0.15, 0.2) is 48.4 Å². The van der Waals surface area contributed by atoms with Gasteiger partial charge in [-0.3, -0.25) is 4.98 Å². The van der Waals surface area contributed by atoms with Crippen LogP contribution >= 0.6 is 63.7 Å². The van der Waals surface area contributed by atoms with Gasteiger partial charge < -0.3 is 10.2 Å². The molecule has 8 heteroatoms. The maximum atomic E-state index is 9.86. The summed E-state index contributed by atoms with van der Waals surface area (Å²) >= 11 is 13.3. The molecule has 0 aliphatic rings. The number of hydrogen-bond donors (Lipinski definition) is 2. The van der Waals surface area contributed by atoms with Crippen LogP contribution in [0.25, 0.3) is 22.5 Å². The van der Waals surface area contributed by atoms with Crippen LogP contribution in [0.2, 0.25) is 0 Å². The molecular weight excluding hydrogens is 584 g/mol. The molecule has 0 atom stereocenters. The SMILES string of the molecule is Cc1nc(-c2cc(Br)c(O)c(Br)c2)cnc1-c1cc(Br)c(O)c(Br)c1. The summed E-state index contributed by atoms with van der Waals surface area (Å²) in [6, 6.07) is 7.17. The van der Waals surface area contributed by atoms with Crippen molar-refractivity contribution in [3.05, 3.63) is 54.0 Å². The van der Waals surface area contributed by atoms with Gasteiger partial charge in [0.1, 0.15) is 11.5 Å². The van der Waals surface area contributed by atoms with Crippen LogP contribution in [0.1, 0.15) is 5.69 Å². The van der Waals surface area contributed by atoms with E-state index in [0.29, 0.717) is 23.6 Å². The summed E-state index contributed by atoms with van der Waals surface area (Å²) in [6.07, 6.45) is 1.68. The van der Waals surface area contributed by atoms with Crippen molar-refractivity contribution in [3.8, 4) is 34.0 Å². The van der Waals surface area contributed by atoms with Gasteiger partial charge in [-0.1, -0.05) is 0 Å². The summed E-state index contributed by atoms with van der Waals surface area (Å²) in [5.41, 5.74) is 3.83. The van der Waals surface area contributed by atoms with Gasteiger partial charge in [-0.15, -0.1) is 0 Å². The first kappa shape index (κ1) is 18.8. The Labute approximate surface area is 177 Å². The molecule has 0 spiro atoms. The molecule has 1 aromatic heterocycles. The van der Waals surface area contributed by atoms with Crippen molar-refractivity contribution >= 4 is 63.7 Å². The molecule has 3 aromatic rings. The van der Waals surface area contributed by atoms with E-state index in [1.54, 1.807) is 30.5 Å². The molecule has 4 nitrogen and oxygen atoms in total. The summed E-state index contributed by atoms with van der Waals surface area (Å²) in [7, 11) is 0. The van der Waals surface area contributed by atoms with E-state index in [-0.39, 0.29) is 11.5 Å². The largest absolute Gasteiger partial charge is 0.506 e. The third-order valence-electron chi connectivity index (χ3n) is 3.55. The van der Waals surface area contributed by atoms with Crippen molar-refractivity contribution in [2.24, 2.45) is 0 Å². The second-order valence-electron chi connectivity index (χ2n) is 5.27. The highest BCUT2D eigenvalue weighted by atomic mass is 79.9. The van der Waals surface area contributed by atoms with Gasteiger partial charge in [0.2, 0.25) is 0 Å². The van der Waals surface area contributed by atoms with Gasteiger partial charge in [0.05, 0.1) is 41.2 Å². The molecule has 0 aliphatic carbocycles. The fourth-order valence-corrected chi connectivity index (χ4v) is 4.69. The standard InChI is InChI=1S/C17H10Br4N2O2/c1-7-15(9-4-12(20)17(25)13(21)5-9)22-6-14(23-7)8-2-10(18)16(24)11(19)3-8/h2-6,24-25H,1H3. The van der Waals surface area contributed by atoms with Crippen LogP contribution in [-0.4, -0.2) is 20.2 Å². The van der Waals surface area contributed by atoms with Gasteiger partial charge in [-0.05, 0) is 94.9 Å². The van der Waals surface area contributed by atoms with Gasteiger partial charge in [-0.2, -0.15) is 0 Å². The fraction of sp³-hybridized carbons (Fsp3) is 0.0588. The highest BCUT2D eigenvalue weighted by molar-refractivity contribution is 9.11. The van der Waals surface area contributed by atoms with Gasteiger partial charge in [-0.25, -0.2) is 4.98 Å². The molecule has 2 aromatic carbocycles. The molecule has 0 amide bonds. The first-order valence-electron chi connectivity index (χ1n) is 6.98. The average Bonchev–Trinajstić information content (AvgIpc) is 2.56. The number of rotatable bonds is 2. The Morgan fingerprint density at radius 2 is 1.20 bits per heavy atom. The number of phenolic OH excluding ortho intramolecular Hbond substituents is 2. The number of hydrogen-bond acceptors (Lipinski definition) is 4. The average molecular weight is 594 g/mol. The highest BCUT2D eigenvalue weighted by Crippen LogP contribution is 2.38. The van der Waals surface area contributed by atoms with E-state index >= 15 is 0 Å². The van der Waals surface area contributed by atoms with E-state index in [1.165, 1.54) is 0 Å². The predicted molar refractivity (Wildman–Crippen MR) is 112 cm³/mol. The first-order chi connectivity index (χ1) is 11.8. The van der Waals surface area contributed by atoms with E-state index in [4.69, 9.17) is 0 Å². The van der Waals surface area contributed by atoms with Crippen LogP contribution in [0, 0.1) is 6.92 Å². The zero-order valence-electron chi connectivity index (χ0n) is 12.7. The number of phenols is 2. The minimum Gasteiger partial charge on any atom is -0.506 e. The fourth-order valence-electron chi connectivity index (χ4n) is 2.32. The number of benzene rings is 2. The van der Waals surface area contributed by atoms with Gasteiger partial charge in [0, 0.05) is 11.1 Å². The van der Waals surface area contributed by atoms with Crippen LogP contribution in [-0.2, 0) is 0 Å². The maximum absolute atomic E-state index is 9.86. The zero-order chi connectivity index (χ0) is 18.3. The zero-order valence-corrected chi connectivity index (χ0v) is 19.0. The first-order valence-corrected chi connectivity index (χ1v) is 10.2. The van der Waals surface area contributed by atoms with E-state index in [0.717, 1.165) is 22.5 Å².